The summed E-state index contributed by atoms with van der Waals surface area (Å²) in [7, 11) is 1.55. The van der Waals surface area contributed by atoms with E-state index in [4.69, 9.17) is 9.47 Å². The number of nitrogens with zero attached hydrogens (tertiary/aromatic N) is 3. The average Bonchev–Trinajstić information content (AvgIpc) is 2.80. The molecule has 0 fully saturated rings. The number of hydrogen-bond acceptors (Lipinski definition) is 6. The Labute approximate surface area is 186 Å². The summed E-state index contributed by atoms with van der Waals surface area (Å²) >= 11 is 0. The first kappa shape index (κ1) is 22.4. The molecule has 0 radical (unpaired) electrons. The van der Waals surface area contributed by atoms with Crippen molar-refractivity contribution in [2.45, 2.75) is 6.18 Å². The SMILES string of the molecule is COCCOc1cnccc1Nc1cc(-c2cc(C(F)(F)F)ccc2F)nc2ncccc12. The molecule has 0 unspecified atom stereocenters. The first-order valence-electron chi connectivity index (χ1n) is 9.82. The summed E-state index contributed by atoms with van der Waals surface area (Å²) in [6, 6.07) is 8.80. The van der Waals surface area contributed by atoms with E-state index in [0.29, 0.717) is 35.2 Å². The minimum atomic E-state index is -4.62. The molecule has 0 bridgehead atoms. The molecule has 0 aliphatic heterocycles. The van der Waals surface area contributed by atoms with Crippen LogP contribution in [0.4, 0.5) is 28.9 Å². The summed E-state index contributed by atoms with van der Waals surface area (Å²) < 4.78 is 64.9. The lowest BCUT2D eigenvalue weighted by Gasteiger charge is -2.15. The van der Waals surface area contributed by atoms with Crippen LogP contribution in [0.15, 0.2) is 61.1 Å². The minimum Gasteiger partial charge on any atom is -0.487 e. The molecule has 1 aromatic carbocycles. The Morgan fingerprint density at radius 1 is 1.00 bits per heavy atom. The molecule has 6 nitrogen and oxygen atoms in total. The highest BCUT2D eigenvalue weighted by atomic mass is 19.4. The van der Waals surface area contributed by atoms with E-state index < -0.39 is 17.6 Å². The summed E-state index contributed by atoms with van der Waals surface area (Å²) in [6.07, 6.45) is -0.0469. The van der Waals surface area contributed by atoms with E-state index in [1.807, 2.05) is 0 Å². The van der Waals surface area contributed by atoms with Crippen molar-refractivity contribution in [1.29, 1.82) is 0 Å². The maximum absolute atomic E-state index is 14.6. The lowest BCUT2D eigenvalue weighted by molar-refractivity contribution is -0.137. The van der Waals surface area contributed by atoms with Crippen LogP contribution in [0.2, 0.25) is 0 Å². The van der Waals surface area contributed by atoms with Gasteiger partial charge in [-0.1, -0.05) is 0 Å². The molecule has 3 heterocycles. The number of pyridine rings is 3. The number of anilines is 2. The first-order chi connectivity index (χ1) is 15.9. The Hall–Kier alpha value is -3.79. The minimum absolute atomic E-state index is 0.00297. The van der Waals surface area contributed by atoms with Crippen LogP contribution in [0.1, 0.15) is 5.56 Å². The molecule has 0 spiro atoms. The van der Waals surface area contributed by atoms with Crippen LogP contribution in [0.25, 0.3) is 22.3 Å². The highest BCUT2D eigenvalue weighted by Gasteiger charge is 2.31. The van der Waals surface area contributed by atoms with E-state index >= 15 is 0 Å². The topological polar surface area (TPSA) is 69.2 Å². The number of rotatable bonds is 7. The lowest BCUT2D eigenvalue weighted by atomic mass is 10.0. The fourth-order valence-electron chi connectivity index (χ4n) is 3.17. The molecule has 170 valence electrons. The molecule has 4 aromatic rings. The number of ether oxygens (including phenoxy) is 2. The number of methoxy groups -OCH3 is 1. The van der Waals surface area contributed by atoms with Gasteiger partial charge in [0.15, 0.2) is 11.4 Å². The van der Waals surface area contributed by atoms with Gasteiger partial charge in [-0.3, -0.25) is 4.98 Å². The second-order valence-electron chi connectivity index (χ2n) is 6.96. The second-order valence-corrected chi connectivity index (χ2v) is 6.96. The molecule has 3 aromatic heterocycles. The van der Waals surface area contributed by atoms with Gasteiger partial charge in [-0.2, -0.15) is 13.2 Å². The molecular weight excluding hydrogens is 440 g/mol. The number of nitrogens with one attached hydrogen (secondary N) is 1. The third-order valence-electron chi connectivity index (χ3n) is 4.75. The van der Waals surface area contributed by atoms with Gasteiger partial charge in [0.25, 0.3) is 0 Å². The Balaban J connectivity index is 1.80. The molecule has 0 atom stereocenters. The Morgan fingerprint density at radius 2 is 1.85 bits per heavy atom. The smallest absolute Gasteiger partial charge is 0.416 e. The number of aromatic nitrogens is 3. The van der Waals surface area contributed by atoms with Crippen LogP contribution >= 0.6 is 0 Å². The van der Waals surface area contributed by atoms with E-state index in [9.17, 15) is 17.6 Å². The molecule has 1 N–H and O–H groups in total. The standard InChI is InChI=1S/C23H18F4N4O2/c1-32-9-10-33-21-13-28-8-6-18(21)30-19-12-20(31-22-15(19)3-2-7-29-22)16-11-14(23(25,26)27)4-5-17(16)24/h2-8,11-13H,9-10H2,1H3,(H,28,29,30,31). The van der Waals surface area contributed by atoms with Crippen LogP contribution in [-0.2, 0) is 10.9 Å². The number of hydrogen-bond donors (Lipinski definition) is 1. The fourth-order valence-corrected chi connectivity index (χ4v) is 3.17. The fraction of sp³-hybridized carbons (Fsp3) is 0.174. The van der Waals surface area contributed by atoms with Crippen molar-refractivity contribution in [3.63, 3.8) is 0 Å². The lowest BCUT2D eigenvalue weighted by Crippen LogP contribution is -2.07. The van der Waals surface area contributed by atoms with Crippen LogP contribution in [0, 0.1) is 5.82 Å². The molecule has 4 rings (SSSR count). The van der Waals surface area contributed by atoms with Gasteiger partial charge >= 0.3 is 6.18 Å². The molecule has 10 heteroatoms. The van der Waals surface area contributed by atoms with Gasteiger partial charge in [0.1, 0.15) is 12.4 Å². The highest BCUT2D eigenvalue weighted by Crippen LogP contribution is 2.36. The van der Waals surface area contributed by atoms with Crippen molar-refractivity contribution >= 4 is 22.4 Å². The van der Waals surface area contributed by atoms with Gasteiger partial charge in [0, 0.05) is 30.5 Å². The largest absolute Gasteiger partial charge is 0.487 e. The van der Waals surface area contributed by atoms with Gasteiger partial charge in [0.05, 0.1) is 35.4 Å². The molecule has 0 aliphatic carbocycles. The summed E-state index contributed by atoms with van der Waals surface area (Å²) in [5.74, 6) is -0.389. The van der Waals surface area contributed by atoms with Gasteiger partial charge in [-0.05, 0) is 42.5 Å². The van der Waals surface area contributed by atoms with Crippen molar-refractivity contribution in [3.8, 4) is 17.0 Å². The van der Waals surface area contributed by atoms with Gasteiger partial charge in [-0.15, -0.1) is 0 Å². The molecule has 33 heavy (non-hydrogen) atoms. The van der Waals surface area contributed by atoms with Crippen molar-refractivity contribution in [3.05, 3.63) is 72.4 Å². The number of fused-ring (bicyclic) bond motifs is 1. The summed E-state index contributed by atoms with van der Waals surface area (Å²) in [6.45, 7) is 0.658. The monoisotopic (exact) mass is 458 g/mol. The summed E-state index contributed by atoms with van der Waals surface area (Å²) in [5.41, 5.74) is -0.00457. The van der Waals surface area contributed by atoms with Crippen LogP contribution in [0.5, 0.6) is 5.75 Å². The molecule has 0 saturated carbocycles. The van der Waals surface area contributed by atoms with Crippen LogP contribution in [0.3, 0.4) is 0 Å². The predicted octanol–water partition coefficient (Wildman–Crippen LogP) is 5.62. The van der Waals surface area contributed by atoms with Crippen molar-refractivity contribution in [2.75, 3.05) is 25.6 Å². The Bertz CT molecular complexity index is 1280. The number of benzene rings is 1. The van der Waals surface area contributed by atoms with Gasteiger partial charge in [0.2, 0.25) is 0 Å². The highest BCUT2D eigenvalue weighted by molar-refractivity contribution is 5.94. The van der Waals surface area contributed by atoms with Crippen LogP contribution in [-0.4, -0.2) is 35.3 Å². The number of halogens is 4. The van der Waals surface area contributed by atoms with Crippen molar-refractivity contribution in [2.24, 2.45) is 0 Å². The zero-order valence-electron chi connectivity index (χ0n) is 17.4. The van der Waals surface area contributed by atoms with E-state index in [2.05, 4.69) is 20.3 Å². The van der Waals surface area contributed by atoms with E-state index in [1.165, 1.54) is 18.5 Å². The zero-order valence-corrected chi connectivity index (χ0v) is 17.4. The van der Waals surface area contributed by atoms with Crippen molar-refractivity contribution < 1.29 is 27.0 Å². The quantitative estimate of drug-likeness (QED) is 0.286. The second kappa shape index (κ2) is 9.37. The summed E-state index contributed by atoms with van der Waals surface area (Å²) in [4.78, 5) is 12.5. The summed E-state index contributed by atoms with van der Waals surface area (Å²) in [5, 5.41) is 3.78. The van der Waals surface area contributed by atoms with E-state index in [0.717, 1.165) is 12.1 Å². The Kier molecular flexibility index (Phi) is 6.36. The van der Waals surface area contributed by atoms with Gasteiger partial charge in [-0.25, -0.2) is 14.4 Å². The zero-order chi connectivity index (χ0) is 23.4. The number of alkyl halides is 3. The van der Waals surface area contributed by atoms with E-state index in [1.54, 1.807) is 31.5 Å². The maximum atomic E-state index is 14.6. The maximum Gasteiger partial charge on any atom is 0.416 e. The predicted molar refractivity (Wildman–Crippen MR) is 115 cm³/mol. The Morgan fingerprint density at radius 3 is 2.64 bits per heavy atom. The van der Waals surface area contributed by atoms with Gasteiger partial charge < -0.3 is 14.8 Å². The molecule has 0 saturated heterocycles. The third kappa shape index (κ3) is 5.01. The van der Waals surface area contributed by atoms with E-state index in [-0.39, 0.29) is 23.5 Å². The molecule has 0 aliphatic rings. The third-order valence-corrected chi connectivity index (χ3v) is 4.75. The molecule has 0 amide bonds. The molecular formula is C23H18F4N4O2. The first-order valence-corrected chi connectivity index (χ1v) is 9.82. The average molecular weight is 458 g/mol. The van der Waals surface area contributed by atoms with Crippen molar-refractivity contribution in [1.82, 2.24) is 15.0 Å². The normalized spacial score (nSPS) is 11.5. The van der Waals surface area contributed by atoms with Crippen LogP contribution < -0.4 is 10.1 Å².